The van der Waals surface area contributed by atoms with Crippen molar-refractivity contribution in [2.24, 2.45) is 0 Å². The summed E-state index contributed by atoms with van der Waals surface area (Å²) in [7, 11) is 0.187. The van der Waals surface area contributed by atoms with Crippen molar-refractivity contribution in [1.29, 1.82) is 0 Å². The summed E-state index contributed by atoms with van der Waals surface area (Å²) in [5.74, 6) is 0.400. The monoisotopic (exact) mass is 550 g/mol. The van der Waals surface area contributed by atoms with Gasteiger partial charge in [-0.15, -0.1) is 0 Å². The Kier molecular flexibility index (Phi) is 8.27. The lowest BCUT2D eigenvalue weighted by atomic mass is 10.0. The number of hydrogen-bond donors (Lipinski definition) is 2. The third-order valence-electron chi connectivity index (χ3n) is 6.66. The van der Waals surface area contributed by atoms with Gasteiger partial charge in [0, 0.05) is 42.2 Å². The Labute approximate surface area is 221 Å². The molecule has 0 unspecified atom stereocenters. The van der Waals surface area contributed by atoms with Crippen LogP contribution in [0.1, 0.15) is 18.4 Å². The van der Waals surface area contributed by atoms with Crippen LogP contribution in [0.4, 0.5) is 24.5 Å². The van der Waals surface area contributed by atoms with Gasteiger partial charge in [-0.2, -0.15) is 13.2 Å². The van der Waals surface area contributed by atoms with Crippen molar-refractivity contribution in [2.75, 3.05) is 50.7 Å². The zero-order chi connectivity index (χ0) is 27.5. The molecule has 11 heteroatoms. The number of ether oxygens (including phenoxy) is 1. The first-order chi connectivity index (χ1) is 17.9. The molecule has 0 saturated carbocycles. The molecule has 4 rings (SSSR count). The van der Waals surface area contributed by atoms with E-state index in [0.29, 0.717) is 23.5 Å². The minimum absolute atomic E-state index is 0.162. The second kappa shape index (κ2) is 11.3. The van der Waals surface area contributed by atoms with Crippen molar-refractivity contribution in [3.05, 3.63) is 54.2 Å². The fraction of sp³-hybridized carbons (Fsp3) is 0.407. The number of fused-ring (bicyclic) bond motifs is 1. The van der Waals surface area contributed by atoms with E-state index >= 15 is 0 Å². The molecule has 3 aromatic rings. The maximum absolute atomic E-state index is 13.2. The zero-order valence-electron chi connectivity index (χ0n) is 21.7. The molecule has 1 fully saturated rings. The van der Waals surface area contributed by atoms with Gasteiger partial charge in [0.15, 0.2) is 9.84 Å². The van der Waals surface area contributed by atoms with Gasteiger partial charge in [-0.25, -0.2) is 8.42 Å². The molecule has 1 aromatic heterocycles. The van der Waals surface area contributed by atoms with E-state index in [0.717, 1.165) is 48.8 Å². The smallest absolute Gasteiger partial charge is 0.406 e. The van der Waals surface area contributed by atoms with Crippen molar-refractivity contribution < 1.29 is 26.3 Å². The second-order valence-corrected chi connectivity index (χ2v) is 11.7. The number of nitrogens with one attached hydrogen (secondary N) is 2. The first kappa shape index (κ1) is 27.8. The van der Waals surface area contributed by atoms with Crippen LogP contribution >= 0.6 is 0 Å². The third kappa shape index (κ3) is 7.02. The fourth-order valence-corrected chi connectivity index (χ4v) is 5.29. The molecule has 2 heterocycles. The summed E-state index contributed by atoms with van der Waals surface area (Å²) in [5, 5.41) is 7.53. The van der Waals surface area contributed by atoms with E-state index in [1.54, 1.807) is 18.2 Å². The van der Waals surface area contributed by atoms with Crippen LogP contribution in [0.3, 0.4) is 0 Å². The normalized spacial score (nSPS) is 15.8. The Morgan fingerprint density at radius 2 is 1.84 bits per heavy atom. The van der Waals surface area contributed by atoms with E-state index in [9.17, 15) is 21.6 Å². The van der Waals surface area contributed by atoms with Crippen molar-refractivity contribution in [3.63, 3.8) is 0 Å². The summed E-state index contributed by atoms with van der Waals surface area (Å²) in [6, 6.07) is 10.3. The average molecular weight is 551 g/mol. The lowest BCUT2D eigenvalue weighted by molar-refractivity contribution is -0.139. The van der Waals surface area contributed by atoms with E-state index in [1.165, 1.54) is 30.0 Å². The number of aromatic nitrogens is 1. The Bertz CT molecular complexity index is 1410. The third-order valence-corrected chi connectivity index (χ3v) is 7.77. The number of likely N-dealkylation sites (tertiary alicyclic amines) is 1. The molecule has 7 nitrogen and oxygen atoms in total. The highest BCUT2D eigenvalue weighted by molar-refractivity contribution is 7.90. The SMILES string of the molecule is COc1cc(S(C)(=O)=O)ccc1NC/C=C/c1cc(NC2CCN(C)CC2)c2ccn(CC(F)(F)F)c2c1. The Morgan fingerprint density at radius 1 is 1.11 bits per heavy atom. The van der Waals surface area contributed by atoms with Gasteiger partial charge in [-0.05, 0) is 68.9 Å². The molecule has 0 atom stereocenters. The zero-order valence-corrected chi connectivity index (χ0v) is 22.5. The standard InChI is InChI=1S/C27H33F3N4O3S/c1-33-12-8-20(9-13-33)32-24-15-19(16-25-22(24)10-14-34(25)18-27(28,29)30)5-4-11-31-23-7-6-21(38(3,35)36)17-26(23)37-2/h4-7,10,14-17,20,31-32H,8-9,11-13,18H2,1-3H3/b5-4+. The number of benzene rings is 2. The number of piperidine rings is 1. The molecule has 0 aliphatic carbocycles. The fourth-order valence-electron chi connectivity index (χ4n) is 4.65. The van der Waals surface area contributed by atoms with Crippen LogP contribution in [0.2, 0.25) is 0 Å². The van der Waals surface area contributed by atoms with Crippen molar-refractivity contribution in [1.82, 2.24) is 9.47 Å². The molecule has 0 radical (unpaired) electrons. The predicted molar refractivity (Wildman–Crippen MR) is 146 cm³/mol. The van der Waals surface area contributed by atoms with Crippen molar-refractivity contribution >= 4 is 38.2 Å². The topological polar surface area (TPSA) is 75.6 Å². The van der Waals surface area contributed by atoms with Gasteiger partial charge in [0.25, 0.3) is 0 Å². The minimum Gasteiger partial charge on any atom is -0.495 e. The van der Waals surface area contributed by atoms with Crippen LogP contribution in [0, 0.1) is 0 Å². The maximum atomic E-state index is 13.2. The number of nitrogens with zero attached hydrogens (tertiary/aromatic N) is 2. The van der Waals surface area contributed by atoms with Gasteiger partial charge in [0.05, 0.1) is 23.2 Å². The quantitative estimate of drug-likeness (QED) is 0.379. The molecule has 0 amide bonds. The summed E-state index contributed by atoms with van der Waals surface area (Å²) in [5.41, 5.74) is 2.74. The van der Waals surface area contributed by atoms with Crippen LogP contribution < -0.4 is 15.4 Å². The largest absolute Gasteiger partial charge is 0.495 e. The summed E-state index contributed by atoms with van der Waals surface area (Å²) in [6.45, 7) is 1.28. The Morgan fingerprint density at radius 3 is 2.50 bits per heavy atom. The summed E-state index contributed by atoms with van der Waals surface area (Å²) >= 11 is 0. The molecule has 38 heavy (non-hydrogen) atoms. The van der Waals surface area contributed by atoms with Gasteiger partial charge in [-0.1, -0.05) is 12.2 Å². The highest BCUT2D eigenvalue weighted by Gasteiger charge is 2.28. The number of sulfone groups is 1. The van der Waals surface area contributed by atoms with Gasteiger partial charge < -0.3 is 24.8 Å². The van der Waals surface area contributed by atoms with E-state index in [4.69, 9.17) is 4.74 Å². The van der Waals surface area contributed by atoms with E-state index in [2.05, 4.69) is 22.6 Å². The summed E-state index contributed by atoms with van der Waals surface area (Å²) in [6.07, 6.45) is 3.94. The molecular weight excluding hydrogens is 517 g/mol. The van der Waals surface area contributed by atoms with Gasteiger partial charge >= 0.3 is 6.18 Å². The van der Waals surface area contributed by atoms with Crippen LogP contribution in [-0.4, -0.2) is 70.2 Å². The average Bonchev–Trinajstić information content (AvgIpc) is 3.24. The predicted octanol–water partition coefficient (Wildman–Crippen LogP) is 5.25. The van der Waals surface area contributed by atoms with Crippen molar-refractivity contribution in [2.45, 2.75) is 36.5 Å². The highest BCUT2D eigenvalue weighted by atomic mass is 32.2. The Hall–Kier alpha value is -3.18. The number of halogens is 3. The van der Waals surface area contributed by atoms with Crippen LogP contribution in [-0.2, 0) is 16.4 Å². The molecule has 2 aromatic carbocycles. The lowest BCUT2D eigenvalue weighted by Gasteiger charge is -2.30. The first-order valence-electron chi connectivity index (χ1n) is 12.4. The van der Waals surface area contributed by atoms with Crippen LogP contribution in [0.5, 0.6) is 5.75 Å². The number of methoxy groups -OCH3 is 1. The number of hydrogen-bond acceptors (Lipinski definition) is 6. The van der Waals surface area contributed by atoms with Crippen molar-refractivity contribution in [3.8, 4) is 5.75 Å². The first-order valence-corrected chi connectivity index (χ1v) is 14.3. The molecule has 0 bridgehead atoms. The molecule has 1 saturated heterocycles. The molecule has 0 spiro atoms. The van der Waals surface area contributed by atoms with E-state index in [-0.39, 0.29) is 10.9 Å². The molecule has 1 aliphatic heterocycles. The van der Waals surface area contributed by atoms with Crippen LogP contribution in [0.15, 0.2) is 53.6 Å². The minimum atomic E-state index is -4.32. The molecule has 1 aliphatic rings. The summed E-state index contributed by atoms with van der Waals surface area (Å²) < 4.78 is 69.8. The van der Waals surface area contributed by atoms with Gasteiger partial charge in [0.1, 0.15) is 12.3 Å². The molecule has 206 valence electrons. The molecule has 2 N–H and O–H groups in total. The lowest BCUT2D eigenvalue weighted by Crippen LogP contribution is -2.36. The van der Waals surface area contributed by atoms with Gasteiger partial charge in [-0.3, -0.25) is 0 Å². The molecular formula is C27H33F3N4O3S. The maximum Gasteiger partial charge on any atom is 0.406 e. The number of anilines is 2. The summed E-state index contributed by atoms with van der Waals surface area (Å²) in [4.78, 5) is 2.43. The van der Waals surface area contributed by atoms with E-state index < -0.39 is 22.6 Å². The van der Waals surface area contributed by atoms with E-state index in [1.807, 2.05) is 18.2 Å². The second-order valence-electron chi connectivity index (χ2n) is 9.70. The van der Waals surface area contributed by atoms with Crippen LogP contribution in [0.25, 0.3) is 17.0 Å². The number of rotatable bonds is 9. The number of alkyl halides is 3. The van der Waals surface area contributed by atoms with Gasteiger partial charge in [0.2, 0.25) is 0 Å². The Balaban J connectivity index is 1.56. The highest BCUT2D eigenvalue weighted by Crippen LogP contribution is 2.32.